The molecule has 2 aromatic rings. The van der Waals surface area contributed by atoms with Crippen LogP contribution in [-0.4, -0.2) is 65.5 Å². The predicted octanol–water partition coefficient (Wildman–Crippen LogP) is 2.10. The van der Waals surface area contributed by atoms with Crippen LogP contribution in [0.4, 0.5) is 0 Å². The number of benzene rings is 1. The molecule has 0 spiro atoms. The monoisotopic (exact) mass is 412 g/mol. The number of fused-ring (bicyclic) bond motifs is 1. The minimum absolute atomic E-state index is 0.00597. The molecule has 0 radical (unpaired) electrons. The highest BCUT2D eigenvalue weighted by molar-refractivity contribution is 5.93. The number of methoxy groups -OCH3 is 1. The standard InChI is InChI=1S/C22H28N4O4/c1-24(2)21(27)16-8-10-25(11-9-16)22(28)20-18-13-30-19(12-26(18)14-23-20)15-4-6-17(29-3)7-5-15/h4-7,14,16,19H,8-13H2,1-3H3/t19-/m1/s1. The summed E-state index contributed by atoms with van der Waals surface area (Å²) in [5.74, 6) is 0.862. The molecular formula is C22H28N4O4. The summed E-state index contributed by atoms with van der Waals surface area (Å²) in [7, 11) is 5.19. The number of hydrogen-bond donors (Lipinski definition) is 0. The zero-order valence-electron chi connectivity index (χ0n) is 17.7. The Morgan fingerprint density at radius 2 is 1.87 bits per heavy atom. The lowest BCUT2D eigenvalue weighted by Gasteiger charge is -2.32. The van der Waals surface area contributed by atoms with E-state index in [0.717, 1.165) is 17.0 Å². The van der Waals surface area contributed by atoms with Gasteiger partial charge in [0.25, 0.3) is 5.91 Å². The number of rotatable bonds is 4. The molecule has 0 N–H and O–H groups in total. The Labute approximate surface area is 176 Å². The van der Waals surface area contributed by atoms with Crippen LogP contribution in [0.5, 0.6) is 5.75 Å². The maximum atomic E-state index is 13.1. The summed E-state index contributed by atoms with van der Waals surface area (Å²) in [6, 6.07) is 7.83. The maximum absolute atomic E-state index is 13.1. The SMILES string of the molecule is COc1ccc([C@H]2Cn3cnc(C(=O)N4CCC(C(=O)N(C)C)CC4)c3CO2)cc1. The topological polar surface area (TPSA) is 76.9 Å². The molecule has 4 rings (SSSR count). The van der Waals surface area contributed by atoms with Gasteiger partial charge in [-0.2, -0.15) is 0 Å². The Bertz CT molecular complexity index is 914. The van der Waals surface area contributed by atoms with E-state index in [-0.39, 0.29) is 23.8 Å². The van der Waals surface area contributed by atoms with E-state index in [4.69, 9.17) is 9.47 Å². The van der Waals surface area contributed by atoms with Crippen molar-refractivity contribution in [3.63, 3.8) is 0 Å². The zero-order valence-corrected chi connectivity index (χ0v) is 17.7. The van der Waals surface area contributed by atoms with Crippen LogP contribution in [0.2, 0.25) is 0 Å². The van der Waals surface area contributed by atoms with E-state index >= 15 is 0 Å². The molecule has 0 bridgehead atoms. The molecule has 1 saturated heterocycles. The summed E-state index contributed by atoms with van der Waals surface area (Å²) in [5.41, 5.74) is 2.34. The minimum atomic E-state index is -0.0895. The van der Waals surface area contributed by atoms with Crippen molar-refractivity contribution < 1.29 is 19.1 Å². The van der Waals surface area contributed by atoms with Crippen molar-refractivity contribution in [1.29, 1.82) is 0 Å². The van der Waals surface area contributed by atoms with Crippen LogP contribution in [-0.2, 0) is 22.7 Å². The van der Waals surface area contributed by atoms with Crippen LogP contribution in [0.15, 0.2) is 30.6 Å². The first-order valence-corrected chi connectivity index (χ1v) is 10.3. The van der Waals surface area contributed by atoms with Crippen LogP contribution in [0.25, 0.3) is 0 Å². The number of carbonyl (C=O) groups excluding carboxylic acids is 2. The molecule has 0 aliphatic carbocycles. The molecule has 30 heavy (non-hydrogen) atoms. The Morgan fingerprint density at radius 3 is 2.50 bits per heavy atom. The summed E-state index contributed by atoms with van der Waals surface area (Å²) in [5, 5.41) is 0. The van der Waals surface area contributed by atoms with Gasteiger partial charge in [0.2, 0.25) is 5.91 Å². The number of piperidine rings is 1. The Kier molecular flexibility index (Phi) is 5.76. The zero-order chi connectivity index (χ0) is 21.3. The van der Waals surface area contributed by atoms with E-state index in [0.29, 0.717) is 44.8 Å². The Hall–Kier alpha value is -2.87. The third kappa shape index (κ3) is 3.92. The number of imidazole rings is 1. The number of hydrogen-bond acceptors (Lipinski definition) is 5. The van der Waals surface area contributed by atoms with Gasteiger partial charge in [-0.3, -0.25) is 9.59 Å². The fourth-order valence-corrected chi connectivity index (χ4v) is 4.17. The van der Waals surface area contributed by atoms with Gasteiger partial charge in [-0.1, -0.05) is 12.1 Å². The lowest BCUT2D eigenvalue weighted by molar-refractivity contribution is -0.134. The van der Waals surface area contributed by atoms with Gasteiger partial charge in [0.05, 0.1) is 32.3 Å². The predicted molar refractivity (Wildman–Crippen MR) is 110 cm³/mol. The number of carbonyl (C=O) groups is 2. The third-order valence-corrected chi connectivity index (χ3v) is 5.99. The molecule has 2 amide bonds. The van der Waals surface area contributed by atoms with Gasteiger partial charge in [-0.25, -0.2) is 4.98 Å². The van der Waals surface area contributed by atoms with Gasteiger partial charge >= 0.3 is 0 Å². The van der Waals surface area contributed by atoms with Crippen molar-refractivity contribution in [2.24, 2.45) is 5.92 Å². The lowest BCUT2D eigenvalue weighted by Crippen LogP contribution is -2.43. The summed E-state index contributed by atoms with van der Waals surface area (Å²) in [6.45, 7) is 2.10. The summed E-state index contributed by atoms with van der Waals surface area (Å²) in [6.07, 6.45) is 3.02. The second-order valence-corrected chi connectivity index (χ2v) is 8.06. The smallest absolute Gasteiger partial charge is 0.274 e. The van der Waals surface area contributed by atoms with E-state index in [1.165, 1.54) is 0 Å². The van der Waals surface area contributed by atoms with Crippen molar-refractivity contribution in [2.75, 3.05) is 34.3 Å². The van der Waals surface area contributed by atoms with Gasteiger partial charge in [0.15, 0.2) is 5.69 Å². The van der Waals surface area contributed by atoms with Gasteiger partial charge in [-0.15, -0.1) is 0 Å². The van der Waals surface area contributed by atoms with Crippen molar-refractivity contribution in [3.05, 3.63) is 47.5 Å². The first kappa shape index (κ1) is 20.4. The van der Waals surface area contributed by atoms with Crippen molar-refractivity contribution in [1.82, 2.24) is 19.4 Å². The minimum Gasteiger partial charge on any atom is -0.497 e. The van der Waals surface area contributed by atoms with Crippen LogP contribution in [0.3, 0.4) is 0 Å². The van der Waals surface area contributed by atoms with E-state index in [1.807, 2.05) is 28.8 Å². The second kappa shape index (κ2) is 8.47. The fourth-order valence-electron chi connectivity index (χ4n) is 4.17. The van der Waals surface area contributed by atoms with Crippen LogP contribution in [0, 0.1) is 5.92 Å². The number of ether oxygens (including phenoxy) is 2. The molecule has 1 atom stereocenters. The molecular weight excluding hydrogens is 384 g/mol. The number of likely N-dealkylation sites (tertiary alicyclic amines) is 1. The number of amides is 2. The molecule has 1 aromatic heterocycles. The first-order valence-electron chi connectivity index (χ1n) is 10.3. The summed E-state index contributed by atoms with van der Waals surface area (Å²) >= 11 is 0. The van der Waals surface area contributed by atoms with E-state index in [9.17, 15) is 9.59 Å². The molecule has 160 valence electrons. The highest BCUT2D eigenvalue weighted by Crippen LogP contribution is 2.30. The third-order valence-electron chi connectivity index (χ3n) is 5.99. The fraction of sp³-hybridized carbons (Fsp3) is 0.500. The number of aromatic nitrogens is 2. The average Bonchev–Trinajstić information content (AvgIpc) is 3.21. The highest BCUT2D eigenvalue weighted by atomic mass is 16.5. The van der Waals surface area contributed by atoms with E-state index in [2.05, 4.69) is 4.98 Å². The summed E-state index contributed by atoms with van der Waals surface area (Å²) in [4.78, 5) is 33.1. The molecule has 0 unspecified atom stereocenters. The van der Waals surface area contributed by atoms with Crippen LogP contribution < -0.4 is 4.74 Å². The lowest BCUT2D eigenvalue weighted by atomic mass is 9.95. The van der Waals surface area contributed by atoms with Gasteiger partial charge in [-0.05, 0) is 30.5 Å². The highest BCUT2D eigenvalue weighted by Gasteiger charge is 2.32. The van der Waals surface area contributed by atoms with Crippen molar-refractivity contribution >= 4 is 11.8 Å². The van der Waals surface area contributed by atoms with Crippen molar-refractivity contribution in [3.8, 4) is 5.75 Å². The van der Waals surface area contributed by atoms with Gasteiger partial charge < -0.3 is 23.8 Å². The average molecular weight is 412 g/mol. The largest absolute Gasteiger partial charge is 0.497 e. The van der Waals surface area contributed by atoms with Crippen LogP contribution in [0.1, 0.15) is 40.7 Å². The number of nitrogens with zero attached hydrogens (tertiary/aromatic N) is 4. The molecule has 2 aliphatic heterocycles. The first-order chi connectivity index (χ1) is 14.5. The molecule has 8 heteroatoms. The maximum Gasteiger partial charge on any atom is 0.274 e. The Morgan fingerprint density at radius 1 is 1.17 bits per heavy atom. The van der Waals surface area contributed by atoms with Gasteiger partial charge in [0.1, 0.15) is 11.9 Å². The molecule has 2 aliphatic rings. The van der Waals surface area contributed by atoms with Gasteiger partial charge in [0, 0.05) is 33.1 Å². The van der Waals surface area contributed by atoms with Crippen molar-refractivity contribution in [2.45, 2.75) is 32.1 Å². The van der Waals surface area contributed by atoms with E-state index in [1.54, 1.807) is 37.3 Å². The molecule has 0 saturated carbocycles. The van der Waals surface area contributed by atoms with Crippen LogP contribution >= 0.6 is 0 Å². The van der Waals surface area contributed by atoms with E-state index < -0.39 is 0 Å². The molecule has 8 nitrogen and oxygen atoms in total. The molecule has 1 aromatic carbocycles. The Balaban J connectivity index is 1.41. The summed E-state index contributed by atoms with van der Waals surface area (Å²) < 4.78 is 13.3. The molecule has 1 fully saturated rings. The quantitative estimate of drug-likeness (QED) is 0.769. The molecule has 3 heterocycles. The second-order valence-electron chi connectivity index (χ2n) is 8.06. The normalized spacial score (nSPS) is 19.3.